The number of carbonyl (C=O) groups excluding carboxylic acids is 4. The summed E-state index contributed by atoms with van der Waals surface area (Å²) in [7, 11) is 0. The molecule has 0 saturated carbocycles. The van der Waals surface area contributed by atoms with Gasteiger partial charge in [-0.1, -0.05) is 42.5 Å². The van der Waals surface area contributed by atoms with Crippen molar-refractivity contribution in [3.63, 3.8) is 0 Å². The molecule has 4 aliphatic rings. The average molecular weight is 552 g/mol. The molecule has 2 saturated heterocycles. The van der Waals surface area contributed by atoms with Gasteiger partial charge in [0.25, 0.3) is 5.91 Å². The van der Waals surface area contributed by atoms with Gasteiger partial charge in [-0.3, -0.25) is 19.2 Å². The van der Waals surface area contributed by atoms with Gasteiger partial charge in [0.2, 0.25) is 11.8 Å². The van der Waals surface area contributed by atoms with Crippen LogP contribution in [0.25, 0.3) is 0 Å². The van der Waals surface area contributed by atoms with E-state index in [1.807, 2.05) is 38.1 Å². The van der Waals surface area contributed by atoms with E-state index in [9.17, 15) is 24.3 Å². The standard InChI is InChI=1S/C30H37N3O7/c1-18-9-6-10-19(2)25(18)32-14-7-13-30-24(27(36)33(15-8-16-34)26(30)28(32)37)23-21(40-30)11-4-5-12-22(35)31-17-20(3)39-29(23)38/h4,6-7,9-11,13,20-21,23-24,26,34H,5,8,12,14-17H2,1-3H3,(H,31,35)/b11-4-/t20-,21-,23+,24+,26-,30+/m0/s1. The minimum absolute atomic E-state index is 0.145. The number of hydrogen-bond donors (Lipinski definition) is 2. The molecular formula is C30H37N3O7. The molecule has 6 atom stereocenters. The lowest BCUT2D eigenvalue weighted by molar-refractivity contribution is -0.158. The van der Waals surface area contributed by atoms with E-state index in [0.29, 0.717) is 6.42 Å². The number of benzene rings is 1. The number of anilines is 1. The van der Waals surface area contributed by atoms with Gasteiger partial charge in [0, 0.05) is 31.8 Å². The number of hydrogen-bond acceptors (Lipinski definition) is 7. The average Bonchev–Trinajstić information content (AvgIpc) is 3.29. The first kappa shape index (κ1) is 28.0. The second-order valence-corrected chi connectivity index (χ2v) is 11.1. The monoisotopic (exact) mass is 551 g/mol. The number of aryl methyl sites for hydroxylation is 2. The lowest BCUT2D eigenvalue weighted by Crippen LogP contribution is -2.55. The Morgan fingerprint density at radius 3 is 2.58 bits per heavy atom. The molecule has 0 bridgehead atoms. The molecule has 3 amide bonds. The Morgan fingerprint density at radius 1 is 1.10 bits per heavy atom. The summed E-state index contributed by atoms with van der Waals surface area (Å²) in [6.07, 6.45) is 6.68. The molecule has 1 aromatic carbocycles. The second-order valence-electron chi connectivity index (χ2n) is 11.1. The maximum Gasteiger partial charge on any atom is 0.313 e. The van der Waals surface area contributed by atoms with Crippen LogP contribution in [-0.4, -0.2) is 83.8 Å². The number of nitrogens with one attached hydrogen (secondary N) is 1. The van der Waals surface area contributed by atoms with E-state index in [1.165, 1.54) is 4.90 Å². The van der Waals surface area contributed by atoms with Gasteiger partial charge in [0.15, 0.2) is 0 Å². The van der Waals surface area contributed by atoms with Crippen molar-refractivity contribution in [2.45, 2.75) is 63.9 Å². The quantitative estimate of drug-likeness (QED) is 0.430. The molecule has 1 spiro atoms. The molecule has 4 heterocycles. The molecule has 0 aromatic heterocycles. The van der Waals surface area contributed by atoms with Crippen LogP contribution in [0.1, 0.15) is 37.3 Å². The Labute approximate surface area is 234 Å². The maximum absolute atomic E-state index is 14.5. The Kier molecular flexibility index (Phi) is 7.83. The minimum Gasteiger partial charge on any atom is -0.460 e. The Hall–Kier alpha value is -3.50. The summed E-state index contributed by atoms with van der Waals surface area (Å²) in [5, 5.41) is 12.4. The van der Waals surface area contributed by atoms with E-state index in [-0.39, 0.29) is 56.8 Å². The predicted octanol–water partition coefficient (Wildman–Crippen LogP) is 1.57. The number of nitrogens with zero attached hydrogens (tertiary/aromatic N) is 2. The maximum atomic E-state index is 14.5. The van der Waals surface area contributed by atoms with Crippen molar-refractivity contribution >= 4 is 29.4 Å². The second kappa shape index (κ2) is 11.2. The molecule has 10 heteroatoms. The summed E-state index contributed by atoms with van der Waals surface area (Å²) in [6, 6.07) is 4.79. The number of cyclic esters (lactones) is 1. The molecule has 0 radical (unpaired) electrons. The number of rotatable bonds is 4. The fourth-order valence-electron chi connectivity index (χ4n) is 6.58. The molecule has 4 aliphatic heterocycles. The number of amides is 3. The topological polar surface area (TPSA) is 125 Å². The van der Waals surface area contributed by atoms with Gasteiger partial charge in [-0.2, -0.15) is 0 Å². The molecule has 2 fully saturated rings. The number of esters is 1. The van der Waals surface area contributed by atoms with Gasteiger partial charge in [-0.15, -0.1) is 0 Å². The number of allylic oxidation sites excluding steroid dienone is 1. The van der Waals surface area contributed by atoms with E-state index >= 15 is 0 Å². The summed E-state index contributed by atoms with van der Waals surface area (Å²) in [6.45, 7) is 6.00. The molecule has 10 nitrogen and oxygen atoms in total. The summed E-state index contributed by atoms with van der Waals surface area (Å²) in [5.41, 5.74) is 1.24. The van der Waals surface area contributed by atoms with Crippen molar-refractivity contribution in [2.75, 3.05) is 31.1 Å². The third-order valence-electron chi connectivity index (χ3n) is 8.30. The third kappa shape index (κ3) is 4.73. The van der Waals surface area contributed by atoms with Crippen LogP contribution in [0, 0.1) is 25.7 Å². The van der Waals surface area contributed by atoms with Crippen molar-refractivity contribution in [2.24, 2.45) is 11.8 Å². The molecule has 0 unspecified atom stereocenters. The van der Waals surface area contributed by atoms with Crippen molar-refractivity contribution < 1.29 is 33.8 Å². The molecule has 5 rings (SSSR count). The first-order valence-corrected chi connectivity index (χ1v) is 14.0. The predicted molar refractivity (Wildman–Crippen MR) is 146 cm³/mol. The normalized spacial score (nSPS) is 33.2. The van der Waals surface area contributed by atoms with E-state index in [2.05, 4.69) is 5.32 Å². The van der Waals surface area contributed by atoms with E-state index in [4.69, 9.17) is 9.47 Å². The van der Waals surface area contributed by atoms with Gasteiger partial charge in [0.05, 0.1) is 18.6 Å². The van der Waals surface area contributed by atoms with Crippen LogP contribution in [0.4, 0.5) is 5.69 Å². The Bertz CT molecular complexity index is 1240. The molecule has 40 heavy (non-hydrogen) atoms. The molecule has 1 aromatic rings. The first-order valence-electron chi connectivity index (χ1n) is 14.0. The van der Waals surface area contributed by atoms with Crippen molar-refractivity contribution in [1.29, 1.82) is 0 Å². The number of likely N-dealkylation sites (tertiary alicyclic amines) is 1. The number of carbonyl (C=O) groups is 4. The first-order chi connectivity index (χ1) is 19.2. The van der Waals surface area contributed by atoms with Crippen LogP contribution in [0.15, 0.2) is 42.5 Å². The van der Waals surface area contributed by atoms with E-state index in [0.717, 1.165) is 16.8 Å². The highest BCUT2D eigenvalue weighted by molar-refractivity contribution is 6.06. The zero-order valence-electron chi connectivity index (χ0n) is 23.2. The van der Waals surface area contributed by atoms with Crippen molar-refractivity contribution in [3.05, 3.63) is 53.6 Å². The lowest BCUT2D eigenvalue weighted by atomic mass is 9.78. The number of fused-ring (bicyclic) bond motifs is 2. The van der Waals surface area contributed by atoms with Crippen LogP contribution in [-0.2, 0) is 28.7 Å². The summed E-state index contributed by atoms with van der Waals surface area (Å²) in [5.74, 6) is -3.38. The van der Waals surface area contributed by atoms with Gasteiger partial charge in [-0.05, 0) is 44.7 Å². The summed E-state index contributed by atoms with van der Waals surface area (Å²) < 4.78 is 12.4. The number of para-hydroxylation sites is 1. The van der Waals surface area contributed by atoms with Crippen molar-refractivity contribution in [1.82, 2.24) is 10.2 Å². The molecule has 0 aliphatic carbocycles. The fourth-order valence-corrected chi connectivity index (χ4v) is 6.58. The van der Waals surface area contributed by atoms with E-state index in [1.54, 1.807) is 30.1 Å². The van der Waals surface area contributed by atoms with Crippen molar-refractivity contribution in [3.8, 4) is 0 Å². The van der Waals surface area contributed by atoms with E-state index < -0.39 is 41.7 Å². The Morgan fingerprint density at radius 2 is 1.85 bits per heavy atom. The number of aliphatic hydroxyl groups is 1. The third-order valence-corrected chi connectivity index (χ3v) is 8.30. The van der Waals surface area contributed by atoms with Gasteiger partial charge >= 0.3 is 5.97 Å². The molecule has 214 valence electrons. The SMILES string of the molecule is Cc1cccc(C)c1N1CC=C[C@@]23O[C@H]4/C=C\CCC(=O)NC[C@H](C)OC(=O)[C@H]4[C@@H]2C(=O)N(CCCO)[C@H]3C1=O. The Balaban J connectivity index is 1.60. The van der Waals surface area contributed by atoms with Crippen LogP contribution in [0.3, 0.4) is 0 Å². The summed E-state index contributed by atoms with van der Waals surface area (Å²) >= 11 is 0. The van der Waals surface area contributed by atoms with Gasteiger partial charge in [0.1, 0.15) is 23.7 Å². The lowest BCUT2D eigenvalue weighted by Gasteiger charge is -2.36. The van der Waals surface area contributed by atoms with Crippen LogP contribution >= 0.6 is 0 Å². The highest BCUT2D eigenvalue weighted by Crippen LogP contribution is 2.53. The summed E-state index contributed by atoms with van der Waals surface area (Å²) in [4.78, 5) is 57.5. The highest BCUT2D eigenvalue weighted by Gasteiger charge is 2.71. The zero-order valence-corrected chi connectivity index (χ0v) is 23.2. The minimum atomic E-state index is -1.40. The smallest absolute Gasteiger partial charge is 0.313 e. The zero-order chi connectivity index (χ0) is 28.6. The number of ether oxygens (including phenoxy) is 2. The molecular weight excluding hydrogens is 514 g/mol. The largest absolute Gasteiger partial charge is 0.460 e. The fraction of sp³-hybridized carbons (Fsp3) is 0.533. The molecule has 2 N–H and O–H groups in total. The van der Waals surface area contributed by atoms with Crippen LogP contribution in [0.5, 0.6) is 0 Å². The number of aliphatic hydroxyl groups excluding tert-OH is 1. The van der Waals surface area contributed by atoms with Gasteiger partial charge in [-0.25, -0.2) is 0 Å². The van der Waals surface area contributed by atoms with Crippen LogP contribution in [0.2, 0.25) is 0 Å². The van der Waals surface area contributed by atoms with Crippen LogP contribution < -0.4 is 10.2 Å². The highest BCUT2D eigenvalue weighted by atomic mass is 16.6. The van der Waals surface area contributed by atoms with Gasteiger partial charge < -0.3 is 29.7 Å².